The highest BCUT2D eigenvalue weighted by molar-refractivity contribution is 5.90. The molecule has 0 fully saturated rings. The molecular weight excluding hydrogens is 170 g/mol. The number of benzene rings is 1. The number of quaternary nitrogens is 1. The number of carboxylic acids is 1. The Hall–Kier alpha value is -1.55. The van der Waals surface area contributed by atoms with Crippen molar-refractivity contribution in [3.63, 3.8) is 0 Å². The van der Waals surface area contributed by atoms with Crippen molar-refractivity contribution in [2.75, 3.05) is 6.54 Å². The molecule has 0 bridgehead atoms. The summed E-state index contributed by atoms with van der Waals surface area (Å²) in [7, 11) is 0. The number of carboxylic acid groups (broad SMARTS) is 1. The average Bonchev–Trinajstić information content (AvgIpc) is 2.06. The normalized spacial score (nSPS) is 8.46. The molecule has 4 heteroatoms. The lowest BCUT2D eigenvalue weighted by Gasteiger charge is -2.07. The molecule has 0 saturated carbocycles. The summed E-state index contributed by atoms with van der Waals surface area (Å²) in [6, 6.07) is 5.54. The van der Waals surface area contributed by atoms with Crippen molar-refractivity contribution in [3.8, 4) is 5.75 Å². The van der Waals surface area contributed by atoms with E-state index in [1.54, 1.807) is 0 Å². The maximum absolute atomic E-state index is 10.7. The molecule has 0 spiro atoms. The lowest BCUT2D eigenvalue weighted by atomic mass is 10.2. The zero-order chi connectivity index (χ0) is 10.3. The summed E-state index contributed by atoms with van der Waals surface area (Å²) >= 11 is 0. The van der Waals surface area contributed by atoms with Gasteiger partial charge in [-0.15, -0.1) is 0 Å². The van der Waals surface area contributed by atoms with E-state index in [1.807, 2.05) is 6.92 Å². The Balaban J connectivity index is 0.000000424. The first-order chi connectivity index (χ1) is 6.13. The van der Waals surface area contributed by atoms with Gasteiger partial charge in [0.1, 0.15) is 0 Å². The SMILES string of the molecule is CC[NH3+].O=C(O)c1ccccc1[O-]. The molecule has 13 heavy (non-hydrogen) atoms. The van der Waals surface area contributed by atoms with Gasteiger partial charge in [0.25, 0.3) is 0 Å². The van der Waals surface area contributed by atoms with Crippen LogP contribution in [0.5, 0.6) is 5.75 Å². The summed E-state index contributed by atoms with van der Waals surface area (Å²) in [4.78, 5) is 10.2. The predicted molar refractivity (Wildman–Crippen MR) is 46.3 cm³/mol. The first kappa shape index (κ1) is 11.4. The van der Waals surface area contributed by atoms with E-state index in [9.17, 15) is 9.90 Å². The molecule has 0 aliphatic carbocycles. The maximum atomic E-state index is 10.7. The van der Waals surface area contributed by atoms with Gasteiger partial charge < -0.3 is 15.9 Å². The van der Waals surface area contributed by atoms with Crippen LogP contribution >= 0.6 is 0 Å². The maximum Gasteiger partial charge on any atom is 0.335 e. The molecule has 0 amide bonds. The lowest BCUT2D eigenvalue weighted by molar-refractivity contribution is -0.361. The highest BCUT2D eigenvalue weighted by Gasteiger charge is 1.99. The summed E-state index contributed by atoms with van der Waals surface area (Å²) in [5, 5.41) is 19.0. The third-order valence-electron chi connectivity index (χ3n) is 1.12. The summed E-state index contributed by atoms with van der Waals surface area (Å²) in [6.45, 7) is 3.01. The minimum absolute atomic E-state index is 0.178. The van der Waals surface area contributed by atoms with Crippen molar-refractivity contribution < 1.29 is 20.7 Å². The Morgan fingerprint density at radius 1 is 1.54 bits per heavy atom. The minimum atomic E-state index is -1.18. The average molecular weight is 183 g/mol. The van der Waals surface area contributed by atoms with E-state index in [0.717, 1.165) is 6.54 Å². The number of para-hydroxylation sites is 1. The Bertz CT molecular complexity index is 273. The lowest BCUT2D eigenvalue weighted by Crippen LogP contribution is -2.48. The quantitative estimate of drug-likeness (QED) is 0.626. The number of rotatable bonds is 1. The first-order valence-corrected chi connectivity index (χ1v) is 3.92. The van der Waals surface area contributed by atoms with E-state index >= 15 is 0 Å². The second-order valence-corrected chi connectivity index (χ2v) is 2.30. The number of carbonyl (C=O) groups is 1. The van der Waals surface area contributed by atoms with Gasteiger partial charge in [-0.3, -0.25) is 0 Å². The fourth-order valence-electron chi connectivity index (χ4n) is 0.643. The van der Waals surface area contributed by atoms with Crippen LogP contribution in [0.2, 0.25) is 0 Å². The standard InChI is InChI=1S/C7H6O3.C2H7N/c8-6-4-2-1-3-5(6)7(9)10;1-2-3/h1-4,8H,(H,9,10);2-3H2,1H3. The molecule has 0 heterocycles. The van der Waals surface area contributed by atoms with Crippen molar-refractivity contribution in [1.82, 2.24) is 0 Å². The third kappa shape index (κ3) is 4.12. The van der Waals surface area contributed by atoms with Crippen molar-refractivity contribution in [3.05, 3.63) is 29.8 Å². The Morgan fingerprint density at radius 3 is 2.31 bits per heavy atom. The number of hydrogen-bond acceptors (Lipinski definition) is 2. The van der Waals surface area contributed by atoms with Gasteiger partial charge in [-0.05, 0) is 13.0 Å². The van der Waals surface area contributed by atoms with Crippen molar-refractivity contribution in [2.45, 2.75) is 6.92 Å². The summed E-state index contributed by atoms with van der Waals surface area (Å²) in [5.41, 5.74) is 3.31. The van der Waals surface area contributed by atoms with Gasteiger partial charge in [0.15, 0.2) is 0 Å². The van der Waals surface area contributed by atoms with E-state index in [2.05, 4.69) is 5.73 Å². The van der Waals surface area contributed by atoms with Gasteiger partial charge in [0, 0.05) is 0 Å². The zero-order valence-electron chi connectivity index (χ0n) is 7.49. The van der Waals surface area contributed by atoms with Gasteiger partial charge in [-0.25, -0.2) is 4.79 Å². The summed E-state index contributed by atoms with van der Waals surface area (Å²) < 4.78 is 0. The second kappa shape index (κ2) is 6.02. The van der Waals surface area contributed by atoms with Crippen LogP contribution in [0.15, 0.2) is 24.3 Å². The fourth-order valence-corrected chi connectivity index (χ4v) is 0.643. The highest BCUT2D eigenvalue weighted by Crippen LogP contribution is 2.10. The van der Waals surface area contributed by atoms with E-state index < -0.39 is 11.7 Å². The molecule has 0 atom stereocenters. The smallest absolute Gasteiger partial charge is 0.335 e. The molecule has 1 aromatic rings. The van der Waals surface area contributed by atoms with E-state index in [0.29, 0.717) is 0 Å². The van der Waals surface area contributed by atoms with Gasteiger partial charge in [0.2, 0.25) is 0 Å². The number of hydrogen-bond donors (Lipinski definition) is 2. The topological polar surface area (TPSA) is 88.0 Å². The van der Waals surface area contributed by atoms with Crippen LogP contribution in [0.4, 0.5) is 0 Å². The third-order valence-corrected chi connectivity index (χ3v) is 1.12. The van der Waals surface area contributed by atoms with Crippen molar-refractivity contribution >= 4 is 5.97 Å². The van der Waals surface area contributed by atoms with E-state index in [4.69, 9.17) is 5.11 Å². The molecule has 0 aliphatic rings. The first-order valence-electron chi connectivity index (χ1n) is 3.92. The Labute approximate surface area is 76.6 Å². The second-order valence-electron chi connectivity index (χ2n) is 2.30. The summed E-state index contributed by atoms with van der Waals surface area (Å²) in [5.74, 6) is -1.62. The monoisotopic (exact) mass is 183 g/mol. The summed E-state index contributed by atoms with van der Waals surface area (Å²) in [6.07, 6.45) is 0. The predicted octanol–water partition coefficient (Wildman–Crippen LogP) is -0.293. The van der Waals surface area contributed by atoms with Crippen LogP contribution in [-0.4, -0.2) is 17.6 Å². The van der Waals surface area contributed by atoms with Crippen molar-refractivity contribution in [1.29, 1.82) is 0 Å². The van der Waals surface area contributed by atoms with Crippen LogP contribution in [0.1, 0.15) is 17.3 Å². The number of aromatic carboxylic acids is 1. The molecule has 0 aliphatic heterocycles. The molecule has 0 radical (unpaired) electrons. The Kier molecular flexibility index (Phi) is 5.30. The molecule has 0 unspecified atom stereocenters. The highest BCUT2D eigenvalue weighted by atomic mass is 16.4. The van der Waals surface area contributed by atoms with E-state index in [1.165, 1.54) is 24.3 Å². The molecule has 1 aromatic carbocycles. The van der Waals surface area contributed by atoms with E-state index in [-0.39, 0.29) is 5.56 Å². The van der Waals surface area contributed by atoms with Gasteiger partial charge in [-0.2, -0.15) is 0 Å². The van der Waals surface area contributed by atoms with Crippen LogP contribution in [-0.2, 0) is 0 Å². The van der Waals surface area contributed by atoms with Gasteiger partial charge in [0.05, 0.1) is 12.1 Å². The van der Waals surface area contributed by atoms with Crippen LogP contribution in [0, 0.1) is 0 Å². The fraction of sp³-hybridized carbons (Fsp3) is 0.222. The van der Waals surface area contributed by atoms with Crippen molar-refractivity contribution in [2.24, 2.45) is 0 Å². The van der Waals surface area contributed by atoms with Gasteiger partial charge in [-0.1, -0.05) is 23.9 Å². The minimum Gasteiger partial charge on any atom is -0.872 e. The van der Waals surface area contributed by atoms with Crippen LogP contribution in [0.3, 0.4) is 0 Å². The Morgan fingerprint density at radius 2 is 2.00 bits per heavy atom. The molecule has 4 nitrogen and oxygen atoms in total. The molecule has 0 aromatic heterocycles. The molecule has 0 saturated heterocycles. The van der Waals surface area contributed by atoms with Crippen LogP contribution < -0.4 is 10.8 Å². The molecular formula is C9H13NO3. The molecule has 4 N–H and O–H groups in total. The largest absolute Gasteiger partial charge is 0.872 e. The zero-order valence-corrected chi connectivity index (χ0v) is 7.49. The molecule has 72 valence electrons. The van der Waals surface area contributed by atoms with Gasteiger partial charge >= 0.3 is 5.97 Å². The molecule has 1 rings (SSSR count). The van der Waals surface area contributed by atoms with Crippen LogP contribution in [0.25, 0.3) is 0 Å².